The lowest BCUT2D eigenvalue weighted by Gasteiger charge is -2.33. The number of tetrazole rings is 1. The number of H-pyrrole nitrogens is 1. The van der Waals surface area contributed by atoms with Crippen molar-refractivity contribution in [2.75, 3.05) is 23.5 Å². The van der Waals surface area contributed by atoms with E-state index in [0.29, 0.717) is 17.3 Å². The number of anilines is 2. The molecule has 2 saturated carbocycles. The SMILES string of the molecule is C=NN(c1nc(C#CC2CC2)nc(NC2CCCC2)c1C)[C@@H]1O[C@H](CO[C@](CO)(CCc2nn[nH]n2)P(=O)(O)O)[C@@H](O)[C@H]1O. The molecular formula is C26H38N9O8P. The molecule has 2 aromatic heterocycles. The minimum absolute atomic E-state index is 0.0775. The molecule has 1 aliphatic heterocycles. The van der Waals surface area contributed by atoms with E-state index in [1.807, 2.05) is 0 Å². The fourth-order valence-corrected chi connectivity index (χ4v) is 6.10. The van der Waals surface area contributed by atoms with Crippen molar-refractivity contribution in [2.45, 2.75) is 94.2 Å². The topological polar surface area (TPSA) is 245 Å². The highest BCUT2D eigenvalue weighted by atomic mass is 31.2. The highest BCUT2D eigenvalue weighted by Crippen LogP contribution is 2.53. The van der Waals surface area contributed by atoms with Crippen molar-refractivity contribution in [2.24, 2.45) is 11.0 Å². The van der Waals surface area contributed by atoms with Gasteiger partial charge in [0.2, 0.25) is 5.82 Å². The number of nitrogens with one attached hydrogen (secondary N) is 2. The number of aromatic amines is 1. The Morgan fingerprint density at radius 2 is 1.98 bits per heavy atom. The maximum atomic E-state index is 12.5. The van der Waals surface area contributed by atoms with Crippen LogP contribution in [0.25, 0.3) is 0 Å². The van der Waals surface area contributed by atoms with E-state index < -0.39 is 50.7 Å². The van der Waals surface area contributed by atoms with Gasteiger partial charge in [-0.05, 0) is 44.9 Å². The van der Waals surface area contributed by atoms with Gasteiger partial charge in [-0.15, -0.1) is 10.2 Å². The number of hydrogen-bond acceptors (Lipinski definition) is 14. The predicted molar refractivity (Wildman–Crippen MR) is 155 cm³/mol. The van der Waals surface area contributed by atoms with Crippen LogP contribution in [0.5, 0.6) is 0 Å². The summed E-state index contributed by atoms with van der Waals surface area (Å²) in [4.78, 5) is 29.4. The summed E-state index contributed by atoms with van der Waals surface area (Å²) in [7, 11) is -5.08. The zero-order valence-electron chi connectivity index (χ0n) is 24.3. The van der Waals surface area contributed by atoms with Crippen molar-refractivity contribution in [1.82, 2.24) is 30.6 Å². The van der Waals surface area contributed by atoms with Crippen LogP contribution in [0.1, 0.15) is 62.2 Å². The lowest BCUT2D eigenvalue weighted by atomic mass is 10.1. The number of ether oxygens (including phenoxy) is 2. The molecule has 3 fully saturated rings. The van der Waals surface area contributed by atoms with Crippen molar-refractivity contribution in [3.05, 3.63) is 17.2 Å². The van der Waals surface area contributed by atoms with E-state index in [-0.39, 0.29) is 36.4 Å². The highest BCUT2D eigenvalue weighted by molar-refractivity contribution is 7.53. The third-order valence-corrected chi connectivity index (χ3v) is 9.71. The molecule has 7 N–H and O–H groups in total. The average molecular weight is 636 g/mol. The summed E-state index contributed by atoms with van der Waals surface area (Å²) in [5.41, 5.74) is 0.605. The average Bonchev–Trinajstić information content (AvgIpc) is 3.31. The van der Waals surface area contributed by atoms with Gasteiger partial charge >= 0.3 is 7.60 Å². The Kier molecular flexibility index (Phi) is 9.93. The van der Waals surface area contributed by atoms with Crippen LogP contribution in [-0.4, -0.2) is 112 Å². The number of nitrogens with zero attached hydrogens (tertiary/aromatic N) is 7. The number of hydrazone groups is 1. The zero-order chi connectivity index (χ0) is 31.5. The second-order valence-electron chi connectivity index (χ2n) is 11.3. The van der Waals surface area contributed by atoms with E-state index in [4.69, 9.17) is 9.47 Å². The van der Waals surface area contributed by atoms with Crippen LogP contribution in [0, 0.1) is 24.7 Å². The van der Waals surface area contributed by atoms with Crippen LogP contribution >= 0.6 is 7.60 Å². The van der Waals surface area contributed by atoms with Gasteiger partial charge in [0.25, 0.3) is 0 Å². The normalized spacial score (nSPS) is 25.3. The van der Waals surface area contributed by atoms with E-state index in [2.05, 4.69) is 59.6 Å². The molecule has 18 heteroatoms. The summed E-state index contributed by atoms with van der Waals surface area (Å²) in [6.07, 6.45) is 0.170. The Bertz CT molecular complexity index is 1410. The maximum Gasteiger partial charge on any atom is 0.359 e. The largest absolute Gasteiger partial charge is 0.393 e. The van der Waals surface area contributed by atoms with E-state index >= 15 is 0 Å². The lowest BCUT2D eigenvalue weighted by molar-refractivity contribution is -0.102. The Balaban J connectivity index is 1.36. The fraction of sp³-hybridized carbons (Fsp3) is 0.692. The summed E-state index contributed by atoms with van der Waals surface area (Å²) in [6.45, 7) is 3.79. The highest BCUT2D eigenvalue weighted by Gasteiger charge is 2.51. The molecule has 3 aliphatic rings. The molecule has 0 unspecified atom stereocenters. The summed E-state index contributed by atoms with van der Waals surface area (Å²) in [6, 6.07) is 0.239. The number of aromatic nitrogens is 6. The quantitative estimate of drug-likeness (QED) is 0.0652. The van der Waals surface area contributed by atoms with E-state index in [1.165, 1.54) is 5.01 Å². The third kappa shape index (κ3) is 7.08. The second-order valence-corrected chi connectivity index (χ2v) is 13.2. The monoisotopic (exact) mass is 635 g/mol. The van der Waals surface area contributed by atoms with E-state index in [0.717, 1.165) is 38.5 Å². The molecule has 2 aliphatic carbocycles. The third-order valence-electron chi connectivity index (χ3n) is 8.15. The molecule has 5 rings (SSSR count). The summed E-state index contributed by atoms with van der Waals surface area (Å²) >= 11 is 0. The molecule has 5 atom stereocenters. The molecule has 17 nitrogen and oxygen atoms in total. The molecule has 0 spiro atoms. The van der Waals surface area contributed by atoms with Gasteiger partial charge in [-0.25, -0.2) is 15.0 Å². The Labute approximate surface area is 253 Å². The van der Waals surface area contributed by atoms with Gasteiger partial charge in [-0.3, -0.25) is 4.57 Å². The summed E-state index contributed by atoms with van der Waals surface area (Å²) < 4.78 is 24.0. The van der Waals surface area contributed by atoms with Crippen LogP contribution in [0.15, 0.2) is 5.10 Å². The van der Waals surface area contributed by atoms with Gasteiger partial charge in [-0.2, -0.15) is 10.3 Å². The first-order chi connectivity index (χ1) is 21.0. The first-order valence-electron chi connectivity index (χ1n) is 14.5. The molecular weight excluding hydrogens is 597 g/mol. The number of aryl methyl sites for hydroxylation is 1. The molecule has 0 radical (unpaired) electrons. The fourth-order valence-electron chi connectivity index (χ4n) is 5.27. The van der Waals surface area contributed by atoms with Crippen LogP contribution in [0.4, 0.5) is 11.6 Å². The zero-order valence-corrected chi connectivity index (χ0v) is 25.2. The number of aliphatic hydroxyl groups excluding tert-OH is 3. The van der Waals surface area contributed by atoms with Gasteiger partial charge in [0, 0.05) is 30.7 Å². The van der Waals surface area contributed by atoms with Gasteiger partial charge in [0.15, 0.2) is 23.2 Å². The van der Waals surface area contributed by atoms with Crippen molar-refractivity contribution >= 4 is 25.9 Å². The minimum Gasteiger partial charge on any atom is -0.393 e. The van der Waals surface area contributed by atoms with Gasteiger partial charge in [0.1, 0.15) is 24.1 Å². The second kappa shape index (κ2) is 13.5. The number of aliphatic hydroxyl groups is 3. The predicted octanol–water partition coefficient (Wildman–Crippen LogP) is -0.201. The van der Waals surface area contributed by atoms with Crippen LogP contribution in [-0.2, 0) is 20.5 Å². The van der Waals surface area contributed by atoms with Gasteiger partial charge < -0.3 is 39.9 Å². The molecule has 0 amide bonds. The first-order valence-corrected chi connectivity index (χ1v) is 16.1. The summed E-state index contributed by atoms with van der Waals surface area (Å²) in [5.74, 6) is 7.74. The Hall–Kier alpha value is -3.07. The Morgan fingerprint density at radius 1 is 1.23 bits per heavy atom. The van der Waals surface area contributed by atoms with Crippen LogP contribution < -0.4 is 10.3 Å². The van der Waals surface area contributed by atoms with Gasteiger partial charge in [-0.1, -0.05) is 24.0 Å². The standard InChI is InChI=1S/C26H38N9O8P/c1-15-23(28-17-5-3-4-6-17)29-19(10-9-16-7-8-16)30-24(15)35(27-2)25-22(38)21(37)18(43-25)13-42-26(14-36,44(39,40)41)12-11-20-31-33-34-32-20/h16-18,21-22,25,36-38H,2-8,11-14H2,1H3,(H,28,29,30)(H2,39,40,41)(H,31,32,33,34)/t18-,21-,22-,25-,26-/m1/s1. The maximum absolute atomic E-state index is 12.5. The molecule has 1 saturated heterocycles. The van der Waals surface area contributed by atoms with Crippen molar-refractivity contribution in [1.29, 1.82) is 0 Å². The van der Waals surface area contributed by atoms with Crippen LogP contribution in [0.2, 0.25) is 0 Å². The molecule has 240 valence electrons. The molecule has 0 aromatic carbocycles. The number of hydrogen-bond donors (Lipinski definition) is 7. The van der Waals surface area contributed by atoms with Crippen molar-refractivity contribution in [3.8, 4) is 11.8 Å². The molecule has 44 heavy (non-hydrogen) atoms. The van der Waals surface area contributed by atoms with E-state index in [1.54, 1.807) is 6.92 Å². The number of rotatable bonds is 13. The minimum atomic E-state index is -5.08. The van der Waals surface area contributed by atoms with Gasteiger partial charge in [0.05, 0.1) is 13.2 Å². The summed E-state index contributed by atoms with van der Waals surface area (Å²) in [5, 5.41) is 51.5. The Morgan fingerprint density at radius 3 is 2.59 bits per heavy atom. The lowest BCUT2D eigenvalue weighted by Crippen LogP contribution is -2.43. The van der Waals surface area contributed by atoms with Crippen molar-refractivity contribution in [3.63, 3.8) is 0 Å². The molecule has 0 bridgehead atoms. The van der Waals surface area contributed by atoms with Crippen LogP contribution in [0.3, 0.4) is 0 Å². The molecule has 3 heterocycles. The smallest absolute Gasteiger partial charge is 0.359 e. The van der Waals surface area contributed by atoms with Crippen molar-refractivity contribution < 1.29 is 39.1 Å². The molecule has 2 aromatic rings. The van der Waals surface area contributed by atoms with E-state index in [9.17, 15) is 29.7 Å². The first kappa shape index (κ1) is 32.3.